The Hall–Kier alpha value is -1.95. The van der Waals surface area contributed by atoms with Gasteiger partial charge in [-0.15, -0.1) is 0 Å². The lowest BCUT2D eigenvalue weighted by molar-refractivity contribution is 0.789. The number of pyridine rings is 1. The third-order valence-electron chi connectivity index (χ3n) is 3.42. The molecule has 19 heavy (non-hydrogen) atoms. The lowest BCUT2D eigenvalue weighted by Crippen LogP contribution is -2.23. The van der Waals surface area contributed by atoms with Crippen molar-refractivity contribution < 1.29 is 0 Å². The summed E-state index contributed by atoms with van der Waals surface area (Å²) in [6.07, 6.45) is 3.89. The van der Waals surface area contributed by atoms with E-state index >= 15 is 0 Å². The lowest BCUT2D eigenvalue weighted by atomic mass is 10.2. The van der Waals surface area contributed by atoms with Crippen LogP contribution in [0, 0.1) is 0 Å². The van der Waals surface area contributed by atoms with Gasteiger partial charge >= 0.3 is 0 Å². The molecule has 1 unspecified atom stereocenters. The van der Waals surface area contributed by atoms with Crippen LogP contribution in [0.5, 0.6) is 0 Å². The number of nitrogen functional groups attached to an aromatic ring is 1. The average Bonchev–Trinajstić information content (AvgIpc) is 2.90. The number of nitrogens with one attached hydrogen (secondary N) is 2. The molecule has 4 N–H and O–H groups in total. The fourth-order valence-electron chi connectivity index (χ4n) is 2.34. The van der Waals surface area contributed by atoms with Crippen molar-refractivity contribution in [1.29, 1.82) is 0 Å². The lowest BCUT2D eigenvalue weighted by Gasteiger charge is -2.14. The van der Waals surface area contributed by atoms with E-state index in [1.807, 2.05) is 12.3 Å². The Kier molecular flexibility index (Phi) is 3.16. The van der Waals surface area contributed by atoms with Crippen LogP contribution in [0.25, 0.3) is 11.0 Å². The Morgan fingerprint density at radius 1 is 1.47 bits per heavy atom. The molecule has 0 bridgehead atoms. The van der Waals surface area contributed by atoms with Crippen LogP contribution in [-0.2, 0) is 6.42 Å². The molecule has 3 heterocycles. The van der Waals surface area contributed by atoms with Crippen molar-refractivity contribution in [3.63, 3.8) is 0 Å². The monoisotopic (exact) mass is 258 g/mol. The zero-order valence-electron chi connectivity index (χ0n) is 11.0. The number of nitrogens with two attached hydrogens (primary N) is 1. The maximum Gasteiger partial charge on any atom is 0.222 e. The van der Waals surface area contributed by atoms with Crippen LogP contribution in [0.4, 0.5) is 11.8 Å². The molecule has 2 aromatic heterocycles. The van der Waals surface area contributed by atoms with E-state index in [9.17, 15) is 0 Å². The average molecular weight is 258 g/mol. The molecule has 0 saturated carbocycles. The molecule has 0 spiro atoms. The van der Waals surface area contributed by atoms with Gasteiger partial charge in [0.2, 0.25) is 5.95 Å². The van der Waals surface area contributed by atoms with E-state index < -0.39 is 0 Å². The van der Waals surface area contributed by atoms with Crippen LogP contribution in [0.3, 0.4) is 0 Å². The number of hydrogen-bond donors (Lipinski definition) is 3. The minimum atomic E-state index is 0.288. The molecule has 0 amide bonds. The molecule has 2 aromatic rings. The molecule has 0 aliphatic carbocycles. The highest BCUT2D eigenvalue weighted by molar-refractivity contribution is 5.86. The van der Waals surface area contributed by atoms with Gasteiger partial charge in [0, 0.05) is 18.8 Å². The van der Waals surface area contributed by atoms with Crippen molar-refractivity contribution in [3.8, 4) is 0 Å². The molecule has 1 fully saturated rings. The summed E-state index contributed by atoms with van der Waals surface area (Å²) in [4.78, 5) is 13.0. The maximum absolute atomic E-state index is 5.78. The highest BCUT2D eigenvalue weighted by atomic mass is 15.1. The Labute approximate surface area is 111 Å². The SMILES string of the molecule is CCc1cnc2c(NC3CCNC3)nc(N)nc2c1. The van der Waals surface area contributed by atoms with Crippen LogP contribution in [0.15, 0.2) is 12.3 Å². The molecule has 1 aliphatic heterocycles. The first kappa shape index (κ1) is 12.1. The van der Waals surface area contributed by atoms with Gasteiger partial charge in [0.25, 0.3) is 0 Å². The molecule has 3 rings (SSSR count). The minimum Gasteiger partial charge on any atom is -0.368 e. The van der Waals surface area contributed by atoms with Crippen molar-refractivity contribution >= 4 is 22.8 Å². The smallest absolute Gasteiger partial charge is 0.222 e. The molecule has 0 radical (unpaired) electrons. The summed E-state index contributed by atoms with van der Waals surface area (Å²) in [5.74, 6) is 1.02. The number of nitrogens with zero attached hydrogens (tertiary/aromatic N) is 3. The summed E-state index contributed by atoms with van der Waals surface area (Å²) < 4.78 is 0. The quantitative estimate of drug-likeness (QED) is 0.759. The fraction of sp³-hybridized carbons (Fsp3) is 0.462. The summed E-state index contributed by atoms with van der Waals surface area (Å²) in [6, 6.07) is 2.41. The van der Waals surface area contributed by atoms with Crippen molar-refractivity contribution in [2.45, 2.75) is 25.8 Å². The van der Waals surface area contributed by atoms with E-state index in [-0.39, 0.29) is 5.95 Å². The van der Waals surface area contributed by atoms with Gasteiger partial charge in [-0.2, -0.15) is 4.98 Å². The van der Waals surface area contributed by atoms with Crippen LogP contribution < -0.4 is 16.4 Å². The van der Waals surface area contributed by atoms with Gasteiger partial charge in [0.05, 0.1) is 5.52 Å². The second-order valence-electron chi connectivity index (χ2n) is 4.83. The van der Waals surface area contributed by atoms with Crippen LogP contribution in [0.1, 0.15) is 18.9 Å². The molecule has 1 atom stereocenters. The summed E-state index contributed by atoms with van der Waals surface area (Å²) in [6.45, 7) is 4.07. The van der Waals surface area contributed by atoms with E-state index in [1.54, 1.807) is 0 Å². The van der Waals surface area contributed by atoms with Crippen LogP contribution >= 0.6 is 0 Å². The first-order valence-corrected chi connectivity index (χ1v) is 6.65. The largest absolute Gasteiger partial charge is 0.368 e. The Morgan fingerprint density at radius 3 is 3.11 bits per heavy atom. The first-order chi connectivity index (χ1) is 9.26. The zero-order valence-corrected chi connectivity index (χ0v) is 11.0. The molecule has 6 heteroatoms. The highest BCUT2D eigenvalue weighted by Crippen LogP contribution is 2.21. The molecule has 1 aliphatic rings. The summed E-state index contributed by atoms with van der Waals surface area (Å²) in [5.41, 5.74) is 8.53. The van der Waals surface area contributed by atoms with Gasteiger partial charge in [-0.25, -0.2) is 4.98 Å². The Balaban J connectivity index is 2.01. The Bertz CT molecular complexity index is 591. The summed E-state index contributed by atoms with van der Waals surface area (Å²) in [7, 11) is 0. The predicted molar refractivity (Wildman–Crippen MR) is 76.0 cm³/mol. The van der Waals surface area contributed by atoms with Gasteiger partial charge in [-0.05, 0) is 31.0 Å². The molecule has 6 nitrogen and oxygen atoms in total. The molecule has 0 aromatic carbocycles. The number of aromatic nitrogens is 3. The predicted octanol–water partition coefficient (Wildman–Crippen LogP) is 0.943. The van der Waals surface area contributed by atoms with Gasteiger partial charge in [-0.1, -0.05) is 6.92 Å². The standard InChI is InChI=1S/C13H18N6/c1-2-8-5-10-11(16-6-8)12(19-13(14)18-10)17-9-3-4-15-7-9/h5-6,9,15H,2-4,7H2,1H3,(H3,14,17,18,19). The van der Waals surface area contributed by atoms with Crippen molar-refractivity contribution in [3.05, 3.63) is 17.8 Å². The van der Waals surface area contributed by atoms with E-state index in [0.29, 0.717) is 6.04 Å². The molecular weight excluding hydrogens is 240 g/mol. The number of aryl methyl sites for hydroxylation is 1. The van der Waals surface area contributed by atoms with Crippen molar-refractivity contribution in [1.82, 2.24) is 20.3 Å². The third kappa shape index (κ3) is 2.44. The van der Waals surface area contributed by atoms with Crippen LogP contribution in [-0.4, -0.2) is 34.1 Å². The normalized spacial score (nSPS) is 18.9. The summed E-state index contributed by atoms with van der Waals surface area (Å²) >= 11 is 0. The molecule has 1 saturated heterocycles. The van der Waals surface area contributed by atoms with Crippen molar-refractivity contribution in [2.24, 2.45) is 0 Å². The highest BCUT2D eigenvalue weighted by Gasteiger charge is 2.17. The van der Waals surface area contributed by atoms with Gasteiger partial charge in [-0.3, -0.25) is 4.98 Å². The van der Waals surface area contributed by atoms with Gasteiger partial charge in [0.1, 0.15) is 5.52 Å². The second kappa shape index (κ2) is 4.97. The molecular formula is C13H18N6. The minimum absolute atomic E-state index is 0.288. The van der Waals surface area contributed by atoms with E-state index in [4.69, 9.17) is 5.73 Å². The number of rotatable bonds is 3. The number of fused-ring (bicyclic) bond motifs is 1. The maximum atomic E-state index is 5.78. The second-order valence-corrected chi connectivity index (χ2v) is 4.83. The van der Waals surface area contributed by atoms with Crippen LogP contribution in [0.2, 0.25) is 0 Å². The Morgan fingerprint density at radius 2 is 2.37 bits per heavy atom. The third-order valence-corrected chi connectivity index (χ3v) is 3.42. The van der Waals surface area contributed by atoms with Gasteiger partial charge < -0.3 is 16.4 Å². The number of hydrogen-bond acceptors (Lipinski definition) is 6. The van der Waals surface area contributed by atoms with E-state index in [0.717, 1.165) is 48.3 Å². The van der Waals surface area contributed by atoms with Crippen molar-refractivity contribution in [2.75, 3.05) is 24.1 Å². The van der Waals surface area contributed by atoms with E-state index in [2.05, 4.69) is 32.5 Å². The first-order valence-electron chi connectivity index (χ1n) is 6.65. The number of anilines is 2. The molecule has 100 valence electrons. The fourth-order valence-corrected chi connectivity index (χ4v) is 2.34. The summed E-state index contributed by atoms with van der Waals surface area (Å²) in [5, 5.41) is 6.72. The topological polar surface area (TPSA) is 88.8 Å². The van der Waals surface area contributed by atoms with Gasteiger partial charge in [0.15, 0.2) is 5.82 Å². The zero-order chi connectivity index (χ0) is 13.2. The van der Waals surface area contributed by atoms with E-state index in [1.165, 1.54) is 0 Å².